The Bertz CT molecular complexity index is 413. The van der Waals surface area contributed by atoms with Gasteiger partial charge in [0.15, 0.2) is 0 Å². The van der Waals surface area contributed by atoms with E-state index in [0.29, 0.717) is 6.42 Å². The molecule has 1 rings (SSSR count). The summed E-state index contributed by atoms with van der Waals surface area (Å²) in [5.74, 6) is 1.67. The van der Waals surface area contributed by atoms with E-state index in [1.54, 1.807) is 14.2 Å². The highest BCUT2D eigenvalue weighted by molar-refractivity contribution is 7.99. The third-order valence-electron chi connectivity index (χ3n) is 3.49. The normalized spacial score (nSPS) is 13.7. The number of carbonyl (C=O) groups excluding carboxylic acids is 1. The van der Waals surface area contributed by atoms with Gasteiger partial charge < -0.3 is 14.8 Å². The van der Waals surface area contributed by atoms with Crippen molar-refractivity contribution in [1.29, 1.82) is 0 Å². The summed E-state index contributed by atoms with van der Waals surface area (Å²) >= 11 is 1.83. The zero-order chi connectivity index (χ0) is 15.6. The van der Waals surface area contributed by atoms with E-state index < -0.39 is 5.54 Å². The van der Waals surface area contributed by atoms with E-state index in [1.165, 1.54) is 7.11 Å². The van der Waals surface area contributed by atoms with Crippen LogP contribution in [0.15, 0.2) is 30.3 Å². The summed E-state index contributed by atoms with van der Waals surface area (Å²) in [6.45, 7) is 0.778. The number of ether oxygens (including phenoxy) is 2. The second-order valence-electron chi connectivity index (χ2n) is 4.72. The van der Waals surface area contributed by atoms with Crippen molar-refractivity contribution >= 4 is 17.7 Å². The van der Waals surface area contributed by atoms with E-state index in [0.717, 1.165) is 30.1 Å². The van der Waals surface area contributed by atoms with Crippen LogP contribution >= 0.6 is 11.8 Å². The molecule has 4 nitrogen and oxygen atoms in total. The Balaban J connectivity index is 2.71. The molecular weight excluding hydrogens is 286 g/mol. The molecule has 0 aliphatic rings. The lowest BCUT2D eigenvalue weighted by atomic mass is 9.87. The minimum absolute atomic E-state index is 0.242. The molecular formula is C16H25NO3S. The highest BCUT2D eigenvalue weighted by Gasteiger charge is 2.39. The molecule has 1 atom stereocenters. The molecule has 0 amide bonds. The zero-order valence-corrected chi connectivity index (χ0v) is 13.9. The van der Waals surface area contributed by atoms with Gasteiger partial charge in [-0.3, -0.25) is 0 Å². The average Bonchev–Trinajstić information content (AvgIpc) is 2.55. The number of carbonyl (C=O) groups is 1. The van der Waals surface area contributed by atoms with E-state index >= 15 is 0 Å². The van der Waals surface area contributed by atoms with E-state index in [1.807, 2.05) is 42.1 Å². The fraction of sp³-hybridized carbons (Fsp3) is 0.562. The number of benzene rings is 1. The Kier molecular flexibility index (Phi) is 8.42. The van der Waals surface area contributed by atoms with Crippen molar-refractivity contribution in [2.24, 2.45) is 0 Å². The van der Waals surface area contributed by atoms with Crippen molar-refractivity contribution in [2.45, 2.75) is 18.4 Å². The number of methoxy groups -OCH3 is 2. The number of thioether (sulfide) groups is 1. The zero-order valence-electron chi connectivity index (χ0n) is 13.1. The summed E-state index contributed by atoms with van der Waals surface area (Å²) in [5.41, 5.74) is 0.168. The van der Waals surface area contributed by atoms with E-state index in [9.17, 15) is 4.79 Å². The molecule has 1 aromatic carbocycles. The van der Waals surface area contributed by atoms with Crippen LogP contribution in [-0.4, -0.2) is 45.3 Å². The van der Waals surface area contributed by atoms with Crippen LogP contribution < -0.4 is 5.32 Å². The second kappa shape index (κ2) is 9.82. The van der Waals surface area contributed by atoms with Crippen molar-refractivity contribution < 1.29 is 14.3 Å². The van der Waals surface area contributed by atoms with E-state index in [-0.39, 0.29) is 5.97 Å². The van der Waals surface area contributed by atoms with Gasteiger partial charge in [0.25, 0.3) is 0 Å². The summed E-state index contributed by atoms with van der Waals surface area (Å²) in [6, 6.07) is 9.75. The smallest absolute Gasteiger partial charge is 0.330 e. The second-order valence-corrected chi connectivity index (χ2v) is 5.95. The molecule has 0 spiro atoms. The predicted molar refractivity (Wildman–Crippen MR) is 87.6 cm³/mol. The molecule has 0 saturated carbocycles. The van der Waals surface area contributed by atoms with Crippen LogP contribution in [-0.2, 0) is 19.8 Å². The van der Waals surface area contributed by atoms with Gasteiger partial charge in [-0.15, -0.1) is 0 Å². The first-order valence-electron chi connectivity index (χ1n) is 7.11. The summed E-state index contributed by atoms with van der Waals surface area (Å²) in [4.78, 5) is 12.3. The summed E-state index contributed by atoms with van der Waals surface area (Å²) < 4.78 is 10.1. The first-order chi connectivity index (χ1) is 10.2. The molecule has 0 aliphatic carbocycles. The third-order valence-corrected chi connectivity index (χ3v) is 4.56. The lowest BCUT2D eigenvalue weighted by Crippen LogP contribution is -2.48. The standard InChI is InChI=1S/C16H25NO3S/c1-17-16(15(18)20-3,14-8-5-4-6-9-14)10-13-21-12-7-11-19-2/h4-6,8-9,17H,7,10-13H2,1-3H3. The number of hydrogen-bond donors (Lipinski definition) is 1. The molecule has 0 aromatic heterocycles. The van der Waals surface area contributed by atoms with Gasteiger partial charge >= 0.3 is 5.97 Å². The molecule has 5 heteroatoms. The Morgan fingerprint density at radius 1 is 1.24 bits per heavy atom. The molecule has 1 N–H and O–H groups in total. The van der Waals surface area contributed by atoms with Gasteiger partial charge in [0.2, 0.25) is 0 Å². The van der Waals surface area contributed by atoms with Crippen molar-refractivity contribution in [3.05, 3.63) is 35.9 Å². The molecule has 0 radical (unpaired) electrons. The van der Waals surface area contributed by atoms with Crippen LogP contribution in [0.5, 0.6) is 0 Å². The fourth-order valence-corrected chi connectivity index (χ4v) is 3.24. The third kappa shape index (κ3) is 5.02. The highest BCUT2D eigenvalue weighted by Crippen LogP contribution is 2.28. The van der Waals surface area contributed by atoms with Gasteiger partial charge in [-0.05, 0) is 37.0 Å². The molecule has 21 heavy (non-hydrogen) atoms. The first kappa shape index (κ1) is 18.0. The number of likely N-dealkylation sites (N-methyl/N-ethyl adjacent to an activating group) is 1. The quantitative estimate of drug-likeness (QED) is 0.531. The topological polar surface area (TPSA) is 47.6 Å². The van der Waals surface area contributed by atoms with Gasteiger partial charge in [0, 0.05) is 13.7 Å². The van der Waals surface area contributed by atoms with Crippen LogP contribution in [0.3, 0.4) is 0 Å². The molecule has 0 fully saturated rings. The first-order valence-corrected chi connectivity index (χ1v) is 8.26. The van der Waals surface area contributed by atoms with Gasteiger partial charge in [0.05, 0.1) is 7.11 Å². The van der Waals surface area contributed by atoms with Gasteiger partial charge in [-0.25, -0.2) is 4.79 Å². The van der Waals surface area contributed by atoms with Gasteiger partial charge in [-0.1, -0.05) is 30.3 Å². The molecule has 1 aromatic rings. The number of hydrogen-bond acceptors (Lipinski definition) is 5. The summed E-state index contributed by atoms with van der Waals surface area (Å²) in [5, 5.41) is 3.17. The van der Waals surface area contributed by atoms with Crippen molar-refractivity contribution in [1.82, 2.24) is 5.32 Å². The van der Waals surface area contributed by atoms with Crippen molar-refractivity contribution in [2.75, 3.05) is 39.4 Å². The minimum Gasteiger partial charge on any atom is -0.467 e. The number of rotatable bonds is 10. The van der Waals surface area contributed by atoms with Crippen LogP contribution in [0.25, 0.3) is 0 Å². The van der Waals surface area contributed by atoms with Gasteiger partial charge in [-0.2, -0.15) is 11.8 Å². The Hall–Kier alpha value is -1.04. The maximum atomic E-state index is 12.3. The fourth-order valence-electron chi connectivity index (χ4n) is 2.27. The van der Waals surface area contributed by atoms with E-state index in [4.69, 9.17) is 9.47 Å². The number of nitrogens with one attached hydrogen (secondary N) is 1. The Morgan fingerprint density at radius 2 is 1.95 bits per heavy atom. The molecule has 118 valence electrons. The maximum absolute atomic E-state index is 12.3. The highest BCUT2D eigenvalue weighted by atomic mass is 32.2. The Morgan fingerprint density at radius 3 is 2.52 bits per heavy atom. The van der Waals surface area contributed by atoms with Crippen LogP contribution in [0, 0.1) is 0 Å². The van der Waals surface area contributed by atoms with Gasteiger partial charge in [0.1, 0.15) is 5.54 Å². The molecule has 0 heterocycles. The van der Waals surface area contributed by atoms with Crippen LogP contribution in [0.2, 0.25) is 0 Å². The van der Waals surface area contributed by atoms with Crippen LogP contribution in [0.1, 0.15) is 18.4 Å². The molecule has 1 unspecified atom stereocenters. The van der Waals surface area contributed by atoms with E-state index in [2.05, 4.69) is 5.32 Å². The maximum Gasteiger partial charge on any atom is 0.330 e. The van der Waals surface area contributed by atoms with Crippen molar-refractivity contribution in [3.8, 4) is 0 Å². The monoisotopic (exact) mass is 311 g/mol. The largest absolute Gasteiger partial charge is 0.467 e. The summed E-state index contributed by atoms with van der Waals surface area (Å²) in [7, 11) is 4.95. The lowest BCUT2D eigenvalue weighted by molar-refractivity contribution is -0.149. The summed E-state index contributed by atoms with van der Waals surface area (Å²) in [6.07, 6.45) is 1.72. The lowest BCUT2D eigenvalue weighted by Gasteiger charge is -2.31. The molecule has 0 bridgehead atoms. The number of esters is 1. The average molecular weight is 311 g/mol. The predicted octanol–water partition coefficient (Wildman–Crippen LogP) is 2.43. The van der Waals surface area contributed by atoms with Crippen molar-refractivity contribution in [3.63, 3.8) is 0 Å². The van der Waals surface area contributed by atoms with Crippen LogP contribution in [0.4, 0.5) is 0 Å². The SMILES string of the molecule is CNC(CCSCCCOC)(C(=O)OC)c1ccccc1. The molecule has 0 saturated heterocycles. The molecule has 0 aliphatic heterocycles. The Labute approximate surface area is 131 Å². The minimum atomic E-state index is -0.774.